The van der Waals surface area contributed by atoms with Crippen LogP contribution >= 0.6 is 0 Å². The Kier molecular flexibility index (Phi) is 6.58. The van der Waals surface area contributed by atoms with Crippen LogP contribution in [0.2, 0.25) is 0 Å². The predicted molar refractivity (Wildman–Crippen MR) is 107 cm³/mol. The number of likely N-dealkylation sites (tertiary alicyclic amines) is 1. The van der Waals surface area contributed by atoms with Gasteiger partial charge in [0.05, 0.1) is 11.8 Å². The van der Waals surface area contributed by atoms with Gasteiger partial charge in [-0.25, -0.2) is 4.79 Å². The molecule has 0 bridgehead atoms. The topological polar surface area (TPSA) is 77.1 Å². The predicted octanol–water partition coefficient (Wildman–Crippen LogP) is 4.31. The molecule has 1 saturated heterocycles. The van der Waals surface area contributed by atoms with Gasteiger partial charge in [-0.1, -0.05) is 17.3 Å². The van der Waals surface area contributed by atoms with Crippen molar-refractivity contribution in [1.29, 1.82) is 0 Å². The Labute approximate surface area is 161 Å². The number of anilines is 1. The molecule has 0 aromatic heterocycles. The highest BCUT2D eigenvalue weighted by Crippen LogP contribution is 2.32. The summed E-state index contributed by atoms with van der Waals surface area (Å²) in [6, 6.07) is 8.23. The monoisotopic (exact) mass is 373 g/mol. The van der Waals surface area contributed by atoms with Crippen LogP contribution in [0.15, 0.2) is 29.4 Å². The van der Waals surface area contributed by atoms with E-state index in [1.165, 1.54) is 5.56 Å². The van der Waals surface area contributed by atoms with Gasteiger partial charge in [0.2, 0.25) is 0 Å². The average Bonchev–Trinajstić information content (AvgIpc) is 2.67. The lowest BCUT2D eigenvalue weighted by Gasteiger charge is -2.31. The molecular weight excluding hydrogens is 342 g/mol. The number of hydrogen-bond acceptors (Lipinski definition) is 5. The minimum absolute atomic E-state index is 0.0822. The summed E-state index contributed by atoms with van der Waals surface area (Å²) in [5, 5.41) is 4.43. The Hall–Kier alpha value is -2.24. The van der Waals surface area contributed by atoms with E-state index in [1.807, 2.05) is 26.0 Å². The van der Waals surface area contributed by atoms with Gasteiger partial charge in [-0.2, -0.15) is 0 Å². The first-order valence-electron chi connectivity index (χ1n) is 10.0. The number of piperidine rings is 1. The van der Waals surface area contributed by atoms with Gasteiger partial charge in [0.15, 0.2) is 0 Å². The molecule has 2 aliphatic rings. The molecule has 0 radical (unpaired) electrons. The number of oxime groups is 1. The molecule has 1 aliphatic carbocycles. The SMILES string of the molecule is CC(C)OC(=O)N1CCC(ON=C2CCC(c3ccc(N)cc3)CC2)CC1. The van der Waals surface area contributed by atoms with E-state index in [9.17, 15) is 4.79 Å². The van der Waals surface area contributed by atoms with Gasteiger partial charge in [-0.3, -0.25) is 0 Å². The summed E-state index contributed by atoms with van der Waals surface area (Å²) in [4.78, 5) is 19.5. The van der Waals surface area contributed by atoms with E-state index < -0.39 is 0 Å². The quantitative estimate of drug-likeness (QED) is 0.630. The Morgan fingerprint density at radius 2 is 1.74 bits per heavy atom. The maximum atomic E-state index is 11.9. The van der Waals surface area contributed by atoms with Crippen LogP contribution in [-0.2, 0) is 9.57 Å². The zero-order chi connectivity index (χ0) is 19.2. The molecule has 1 heterocycles. The van der Waals surface area contributed by atoms with Crippen molar-refractivity contribution in [1.82, 2.24) is 4.90 Å². The number of ether oxygens (including phenoxy) is 1. The van der Waals surface area contributed by atoms with Gasteiger partial charge < -0.3 is 20.2 Å². The van der Waals surface area contributed by atoms with Crippen molar-refractivity contribution in [3.05, 3.63) is 29.8 Å². The zero-order valence-electron chi connectivity index (χ0n) is 16.4. The summed E-state index contributed by atoms with van der Waals surface area (Å²) < 4.78 is 5.24. The Morgan fingerprint density at radius 3 is 2.33 bits per heavy atom. The maximum absolute atomic E-state index is 11.9. The second-order valence-electron chi connectivity index (χ2n) is 7.82. The van der Waals surface area contributed by atoms with Gasteiger partial charge >= 0.3 is 6.09 Å². The second kappa shape index (κ2) is 9.11. The van der Waals surface area contributed by atoms with Crippen molar-refractivity contribution in [2.75, 3.05) is 18.8 Å². The van der Waals surface area contributed by atoms with E-state index in [0.717, 1.165) is 49.9 Å². The van der Waals surface area contributed by atoms with Crippen molar-refractivity contribution in [3.8, 4) is 0 Å². The van der Waals surface area contributed by atoms with Gasteiger partial charge in [0.25, 0.3) is 0 Å². The molecular formula is C21H31N3O3. The van der Waals surface area contributed by atoms with Gasteiger partial charge in [0, 0.05) is 31.6 Å². The Morgan fingerprint density at radius 1 is 1.11 bits per heavy atom. The fourth-order valence-electron chi connectivity index (χ4n) is 3.71. The van der Waals surface area contributed by atoms with Crippen LogP contribution < -0.4 is 5.73 Å². The molecule has 2 fully saturated rings. The summed E-state index contributed by atoms with van der Waals surface area (Å²) in [5.41, 5.74) is 9.11. The third-order valence-corrected chi connectivity index (χ3v) is 5.34. The molecule has 1 saturated carbocycles. The van der Waals surface area contributed by atoms with Crippen molar-refractivity contribution in [3.63, 3.8) is 0 Å². The van der Waals surface area contributed by atoms with E-state index in [-0.39, 0.29) is 18.3 Å². The van der Waals surface area contributed by atoms with E-state index in [4.69, 9.17) is 15.3 Å². The minimum Gasteiger partial charge on any atom is -0.447 e. The standard InChI is InChI=1S/C21H31N3O3/c1-15(2)26-21(25)24-13-11-20(12-14-24)27-23-19-9-5-17(6-10-19)16-3-7-18(22)8-4-16/h3-4,7-8,15,17,20H,5-6,9-14,22H2,1-2H3. The van der Waals surface area contributed by atoms with Crippen LogP contribution in [0.3, 0.4) is 0 Å². The van der Waals surface area contributed by atoms with Crippen LogP contribution in [0, 0.1) is 0 Å². The van der Waals surface area contributed by atoms with Gasteiger partial charge in [-0.15, -0.1) is 0 Å². The number of nitrogens with zero attached hydrogens (tertiary/aromatic N) is 2. The summed E-state index contributed by atoms with van der Waals surface area (Å²) in [6.07, 6.45) is 5.56. The van der Waals surface area contributed by atoms with Crippen molar-refractivity contribution < 1.29 is 14.4 Å². The molecule has 0 unspecified atom stereocenters. The molecule has 3 rings (SSSR count). The Balaban J connectivity index is 1.40. The maximum Gasteiger partial charge on any atom is 0.410 e. The number of rotatable bonds is 4. The minimum atomic E-state index is -0.226. The number of nitrogen functional groups attached to an aromatic ring is 1. The highest BCUT2D eigenvalue weighted by molar-refractivity contribution is 5.84. The summed E-state index contributed by atoms with van der Waals surface area (Å²) >= 11 is 0. The molecule has 6 heteroatoms. The smallest absolute Gasteiger partial charge is 0.410 e. The lowest BCUT2D eigenvalue weighted by atomic mass is 9.83. The van der Waals surface area contributed by atoms with Crippen LogP contribution in [0.5, 0.6) is 0 Å². The highest BCUT2D eigenvalue weighted by atomic mass is 16.6. The van der Waals surface area contributed by atoms with Crippen LogP contribution in [-0.4, -0.2) is 42.0 Å². The third kappa shape index (κ3) is 5.62. The van der Waals surface area contributed by atoms with Crippen molar-refractivity contribution in [2.24, 2.45) is 5.16 Å². The fraction of sp³-hybridized carbons (Fsp3) is 0.619. The van der Waals surface area contributed by atoms with Crippen molar-refractivity contribution in [2.45, 2.75) is 70.5 Å². The lowest BCUT2D eigenvalue weighted by molar-refractivity contribution is 0.00403. The number of benzene rings is 1. The van der Waals surface area contributed by atoms with Gasteiger partial charge in [-0.05, 0) is 63.1 Å². The number of nitrogens with two attached hydrogens (primary N) is 1. The van der Waals surface area contributed by atoms with Crippen molar-refractivity contribution >= 4 is 17.5 Å². The molecule has 0 spiro atoms. The average molecular weight is 373 g/mol. The summed E-state index contributed by atoms with van der Waals surface area (Å²) in [6.45, 7) is 5.07. The molecule has 1 aliphatic heterocycles. The van der Waals surface area contributed by atoms with Crippen LogP contribution in [0.25, 0.3) is 0 Å². The number of amides is 1. The van der Waals surface area contributed by atoms with E-state index >= 15 is 0 Å². The second-order valence-corrected chi connectivity index (χ2v) is 7.82. The highest BCUT2D eigenvalue weighted by Gasteiger charge is 2.26. The molecule has 148 valence electrons. The van der Waals surface area contributed by atoms with Crippen LogP contribution in [0.4, 0.5) is 10.5 Å². The zero-order valence-corrected chi connectivity index (χ0v) is 16.4. The van der Waals surface area contributed by atoms with E-state index in [2.05, 4.69) is 17.3 Å². The number of hydrogen-bond donors (Lipinski definition) is 1. The normalized spacial score (nSPS) is 21.2. The molecule has 1 aromatic rings. The largest absolute Gasteiger partial charge is 0.447 e. The first-order valence-corrected chi connectivity index (χ1v) is 10.0. The fourth-order valence-corrected chi connectivity index (χ4v) is 3.71. The number of carbonyl (C=O) groups excluding carboxylic acids is 1. The molecule has 0 atom stereocenters. The first kappa shape index (κ1) is 19.5. The molecule has 27 heavy (non-hydrogen) atoms. The van der Waals surface area contributed by atoms with Gasteiger partial charge in [0.1, 0.15) is 6.10 Å². The lowest BCUT2D eigenvalue weighted by Crippen LogP contribution is -2.41. The summed E-state index contributed by atoms with van der Waals surface area (Å²) in [5.74, 6) is 0.583. The molecule has 6 nitrogen and oxygen atoms in total. The third-order valence-electron chi connectivity index (χ3n) is 5.34. The number of carbonyl (C=O) groups is 1. The van der Waals surface area contributed by atoms with Crippen LogP contribution in [0.1, 0.15) is 63.9 Å². The summed E-state index contributed by atoms with van der Waals surface area (Å²) in [7, 11) is 0. The molecule has 2 N–H and O–H groups in total. The molecule has 1 amide bonds. The molecule has 1 aromatic carbocycles. The van der Waals surface area contributed by atoms with E-state index in [1.54, 1.807) is 4.90 Å². The first-order chi connectivity index (χ1) is 13.0. The van der Waals surface area contributed by atoms with E-state index in [0.29, 0.717) is 19.0 Å². The Bertz CT molecular complexity index is 639.